The Kier molecular flexibility index (Phi) is 6.68. The number of amides is 1. The van der Waals surface area contributed by atoms with Crippen molar-refractivity contribution in [3.8, 4) is 0 Å². The summed E-state index contributed by atoms with van der Waals surface area (Å²) in [7, 11) is 0. The minimum absolute atomic E-state index is 0.132. The Balaban J connectivity index is 1.86. The molecule has 0 radical (unpaired) electrons. The molecule has 0 fully saturated rings. The second-order valence-corrected chi connectivity index (χ2v) is 6.86. The van der Waals surface area contributed by atoms with Crippen molar-refractivity contribution < 1.29 is 4.79 Å². The molecule has 4 nitrogen and oxygen atoms in total. The van der Waals surface area contributed by atoms with Crippen LogP contribution in [0.3, 0.4) is 0 Å². The second-order valence-electron chi connectivity index (χ2n) is 4.77. The largest absolute Gasteiger partial charge is 0.376 e. The van der Waals surface area contributed by atoms with Gasteiger partial charge in [-0.15, -0.1) is 0 Å². The van der Waals surface area contributed by atoms with Gasteiger partial charge >= 0.3 is 0 Å². The third-order valence-electron chi connectivity index (χ3n) is 2.98. The van der Waals surface area contributed by atoms with Crippen molar-refractivity contribution in [3.63, 3.8) is 0 Å². The Morgan fingerprint density at radius 1 is 1.26 bits per heavy atom. The third-order valence-corrected chi connectivity index (χ3v) is 4.22. The summed E-state index contributed by atoms with van der Waals surface area (Å²) in [6.07, 6.45) is 1.48. The Morgan fingerprint density at radius 3 is 2.74 bits per heavy atom. The van der Waals surface area contributed by atoms with Gasteiger partial charge in [0, 0.05) is 19.8 Å². The molecule has 0 atom stereocenters. The Labute approximate surface area is 158 Å². The fourth-order valence-electron chi connectivity index (χ4n) is 1.82. The smallest absolute Gasteiger partial charge is 0.259 e. The van der Waals surface area contributed by atoms with E-state index in [2.05, 4.69) is 38.4 Å². The maximum absolute atomic E-state index is 11.8. The van der Waals surface area contributed by atoms with Crippen LogP contribution in [0, 0.1) is 10.5 Å². The monoisotopic (exact) mass is 461 g/mol. The van der Waals surface area contributed by atoms with Crippen molar-refractivity contribution in [1.29, 1.82) is 0 Å². The topological polar surface area (TPSA) is 53.5 Å². The molecule has 0 unspecified atom stereocenters. The number of aryl methyl sites for hydroxylation is 1. The highest BCUT2D eigenvalue weighted by atomic mass is 127. The summed E-state index contributed by atoms with van der Waals surface area (Å²) in [5.74, 6) is -0.246. The van der Waals surface area contributed by atoms with Gasteiger partial charge in [-0.3, -0.25) is 4.79 Å². The van der Waals surface area contributed by atoms with Gasteiger partial charge in [0.15, 0.2) is 0 Å². The third kappa shape index (κ3) is 5.67. The first-order valence-electron chi connectivity index (χ1n) is 6.72. The predicted octanol–water partition coefficient (Wildman–Crippen LogP) is 4.47. The zero-order valence-corrected chi connectivity index (χ0v) is 15.9. The quantitative estimate of drug-likeness (QED) is 0.392. The van der Waals surface area contributed by atoms with Gasteiger partial charge in [-0.25, -0.2) is 5.43 Å². The van der Waals surface area contributed by atoms with Crippen molar-refractivity contribution in [3.05, 3.63) is 61.1 Å². The standard InChI is InChI=1S/C16H14Cl2IN3O/c1-10-6-13(19)4-5-15(10)20-9-16(23)22-21-8-11-2-3-12(17)7-14(11)18/h2-8,20H,9H2,1H3,(H,22,23). The van der Waals surface area contributed by atoms with Crippen LogP contribution in [0.2, 0.25) is 10.0 Å². The van der Waals surface area contributed by atoms with Crippen molar-refractivity contribution in [2.45, 2.75) is 6.92 Å². The first-order valence-corrected chi connectivity index (χ1v) is 8.56. The molecule has 0 aliphatic heterocycles. The lowest BCUT2D eigenvalue weighted by Gasteiger charge is -2.08. The first-order chi connectivity index (χ1) is 11.0. The van der Waals surface area contributed by atoms with Gasteiger partial charge in [0.1, 0.15) is 0 Å². The Bertz CT molecular complexity index is 750. The number of hydrogen-bond donors (Lipinski definition) is 2. The minimum atomic E-state index is -0.246. The predicted molar refractivity (Wildman–Crippen MR) is 105 cm³/mol. The van der Waals surface area contributed by atoms with E-state index >= 15 is 0 Å². The highest BCUT2D eigenvalue weighted by molar-refractivity contribution is 14.1. The van der Waals surface area contributed by atoms with E-state index < -0.39 is 0 Å². The van der Waals surface area contributed by atoms with Crippen LogP contribution in [0.25, 0.3) is 0 Å². The van der Waals surface area contributed by atoms with Gasteiger partial charge in [0.05, 0.1) is 17.8 Å². The Hall–Kier alpha value is -1.31. The van der Waals surface area contributed by atoms with Crippen LogP contribution in [-0.4, -0.2) is 18.7 Å². The average Bonchev–Trinajstić information content (AvgIpc) is 2.48. The highest BCUT2D eigenvalue weighted by Gasteiger charge is 2.03. The van der Waals surface area contributed by atoms with Gasteiger partial charge in [-0.1, -0.05) is 29.3 Å². The molecule has 23 heavy (non-hydrogen) atoms. The molecule has 0 aliphatic carbocycles. The zero-order valence-electron chi connectivity index (χ0n) is 12.2. The molecule has 0 saturated heterocycles. The number of carbonyl (C=O) groups is 1. The number of nitrogens with one attached hydrogen (secondary N) is 2. The minimum Gasteiger partial charge on any atom is -0.376 e. The number of benzene rings is 2. The van der Waals surface area contributed by atoms with Gasteiger partial charge in [-0.05, 0) is 65.4 Å². The molecule has 7 heteroatoms. The molecule has 0 saturated carbocycles. The highest BCUT2D eigenvalue weighted by Crippen LogP contribution is 2.19. The van der Waals surface area contributed by atoms with Crippen LogP contribution in [0.15, 0.2) is 41.5 Å². The Morgan fingerprint density at radius 2 is 2.04 bits per heavy atom. The van der Waals surface area contributed by atoms with Crippen molar-refractivity contribution in [2.24, 2.45) is 5.10 Å². The number of hydrogen-bond acceptors (Lipinski definition) is 3. The van der Waals surface area contributed by atoms with Crippen molar-refractivity contribution in [2.75, 3.05) is 11.9 Å². The molecule has 2 N–H and O–H groups in total. The van der Waals surface area contributed by atoms with E-state index in [4.69, 9.17) is 23.2 Å². The summed E-state index contributed by atoms with van der Waals surface area (Å²) < 4.78 is 1.15. The molecule has 0 aliphatic rings. The van der Waals surface area contributed by atoms with Gasteiger partial charge in [0.25, 0.3) is 5.91 Å². The van der Waals surface area contributed by atoms with Crippen LogP contribution in [-0.2, 0) is 4.79 Å². The summed E-state index contributed by atoms with van der Waals surface area (Å²) in [5.41, 5.74) is 5.13. The van der Waals surface area contributed by atoms with Crippen LogP contribution >= 0.6 is 45.8 Å². The lowest BCUT2D eigenvalue weighted by molar-refractivity contribution is -0.119. The average molecular weight is 462 g/mol. The number of rotatable bonds is 5. The molecule has 0 bridgehead atoms. The number of anilines is 1. The van der Waals surface area contributed by atoms with Gasteiger partial charge in [-0.2, -0.15) is 5.10 Å². The van der Waals surface area contributed by atoms with E-state index in [0.717, 1.165) is 14.8 Å². The van der Waals surface area contributed by atoms with E-state index in [1.807, 2.05) is 25.1 Å². The molecule has 1 amide bonds. The molecule has 0 heterocycles. The molecule has 0 aromatic heterocycles. The van der Waals surface area contributed by atoms with Gasteiger partial charge in [0.2, 0.25) is 0 Å². The normalized spacial score (nSPS) is 10.8. The SMILES string of the molecule is Cc1cc(I)ccc1NCC(=O)NN=Cc1ccc(Cl)cc1Cl. The number of hydrazone groups is 1. The number of halogens is 3. The fraction of sp³-hybridized carbons (Fsp3) is 0.125. The molecular formula is C16H14Cl2IN3O. The van der Waals surface area contributed by atoms with E-state index in [1.54, 1.807) is 18.2 Å². The molecule has 0 spiro atoms. The summed E-state index contributed by atoms with van der Waals surface area (Å²) in [6, 6.07) is 11.0. The molecule has 2 rings (SSSR count). The zero-order chi connectivity index (χ0) is 16.8. The van der Waals surface area contributed by atoms with E-state index in [0.29, 0.717) is 15.6 Å². The molecule has 120 valence electrons. The van der Waals surface area contributed by atoms with Crippen LogP contribution in [0.1, 0.15) is 11.1 Å². The number of nitrogens with zero attached hydrogens (tertiary/aromatic N) is 1. The summed E-state index contributed by atoms with van der Waals surface area (Å²) >= 11 is 14.1. The summed E-state index contributed by atoms with van der Waals surface area (Å²) in [5, 5.41) is 7.99. The molecule has 2 aromatic carbocycles. The van der Waals surface area contributed by atoms with Crippen molar-refractivity contribution in [1.82, 2.24) is 5.43 Å². The maximum atomic E-state index is 11.8. The number of carbonyl (C=O) groups excluding carboxylic acids is 1. The van der Waals surface area contributed by atoms with Crippen LogP contribution in [0.4, 0.5) is 5.69 Å². The van der Waals surface area contributed by atoms with Gasteiger partial charge < -0.3 is 5.32 Å². The first kappa shape index (κ1) is 18.0. The maximum Gasteiger partial charge on any atom is 0.259 e. The van der Waals surface area contributed by atoms with Crippen molar-refractivity contribution >= 4 is 63.6 Å². The second kappa shape index (κ2) is 8.52. The van der Waals surface area contributed by atoms with E-state index in [9.17, 15) is 4.79 Å². The van der Waals surface area contributed by atoms with Crippen LogP contribution in [0.5, 0.6) is 0 Å². The summed E-state index contributed by atoms with van der Waals surface area (Å²) in [4.78, 5) is 11.8. The van der Waals surface area contributed by atoms with Crippen LogP contribution < -0.4 is 10.7 Å². The van der Waals surface area contributed by atoms with E-state index in [1.165, 1.54) is 6.21 Å². The summed E-state index contributed by atoms with van der Waals surface area (Å²) in [6.45, 7) is 2.12. The van der Waals surface area contributed by atoms with E-state index in [-0.39, 0.29) is 12.5 Å². The lowest BCUT2D eigenvalue weighted by Crippen LogP contribution is -2.26. The fourth-order valence-corrected chi connectivity index (χ4v) is 2.92. The lowest BCUT2D eigenvalue weighted by atomic mass is 10.2. The molecular weight excluding hydrogens is 448 g/mol. The molecule has 2 aromatic rings.